The smallest absolute Gasteiger partial charge is 0.206 e. The van der Waals surface area contributed by atoms with E-state index in [4.69, 9.17) is 39.5 Å². The van der Waals surface area contributed by atoms with Crippen LogP contribution >= 0.6 is 34.8 Å². The number of carbonyl (C=O) groups excluding carboxylic acids is 1. The van der Waals surface area contributed by atoms with Crippen molar-refractivity contribution in [3.05, 3.63) is 61.2 Å². The molecule has 1 heterocycles. The SMILES string of the molecule is COc1ccc(Cl)c2[nH]c(Nc3ccc(Cl)cc3Cl)c(C(=O)CC(C)C)c(=O)c12. The summed E-state index contributed by atoms with van der Waals surface area (Å²) in [6.07, 6.45) is 0.209. The lowest BCUT2D eigenvalue weighted by Gasteiger charge is -2.16. The van der Waals surface area contributed by atoms with Crippen LogP contribution < -0.4 is 15.5 Å². The van der Waals surface area contributed by atoms with Crippen molar-refractivity contribution in [3.8, 4) is 5.75 Å². The normalized spacial score (nSPS) is 11.1. The Morgan fingerprint density at radius 1 is 1.14 bits per heavy atom. The van der Waals surface area contributed by atoms with E-state index in [2.05, 4.69) is 10.3 Å². The Labute approximate surface area is 182 Å². The molecule has 0 fully saturated rings. The van der Waals surface area contributed by atoms with Gasteiger partial charge in [0, 0.05) is 11.4 Å². The van der Waals surface area contributed by atoms with Gasteiger partial charge >= 0.3 is 0 Å². The number of ketones is 1. The maximum Gasteiger partial charge on any atom is 0.206 e. The lowest BCUT2D eigenvalue weighted by molar-refractivity contribution is 0.0967. The summed E-state index contributed by atoms with van der Waals surface area (Å²) in [7, 11) is 1.46. The molecule has 0 amide bonds. The van der Waals surface area contributed by atoms with Crippen LogP contribution in [0, 0.1) is 5.92 Å². The van der Waals surface area contributed by atoms with Gasteiger partial charge < -0.3 is 15.0 Å². The van der Waals surface area contributed by atoms with E-state index < -0.39 is 5.43 Å². The average molecular weight is 454 g/mol. The van der Waals surface area contributed by atoms with Crippen LogP contribution in [-0.4, -0.2) is 17.9 Å². The fourth-order valence-corrected chi connectivity index (χ4v) is 3.72. The number of carbonyl (C=O) groups is 1. The van der Waals surface area contributed by atoms with Crippen molar-refractivity contribution in [2.24, 2.45) is 5.92 Å². The van der Waals surface area contributed by atoms with Gasteiger partial charge in [-0.3, -0.25) is 9.59 Å². The molecule has 3 rings (SSSR count). The standard InChI is InChI=1S/C21H19Cl3N2O3/c1-10(2)8-15(27)17-20(28)18-16(29-3)7-5-12(23)19(18)26-21(17)25-14-6-4-11(22)9-13(14)24/h4-7,9-10H,8H2,1-3H3,(H2,25,26,28). The Bertz CT molecular complexity index is 1160. The van der Waals surface area contributed by atoms with Gasteiger partial charge in [0.05, 0.1) is 33.7 Å². The van der Waals surface area contributed by atoms with E-state index in [0.717, 1.165) is 0 Å². The molecule has 0 bridgehead atoms. The summed E-state index contributed by atoms with van der Waals surface area (Å²) in [5.74, 6) is 0.330. The van der Waals surface area contributed by atoms with Crippen molar-refractivity contribution in [2.75, 3.05) is 12.4 Å². The number of rotatable bonds is 6. The van der Waals surface area contributed by atoms with Crippen LogP contribution in [-0.2, 0) is 0 Å². The molecule has 5 nitrogen and oxygen atoms in total. The Morgan fingerprint density at radius 2 is 1.86 bits per heavy atom. The number of ether oxygens (including phenoxy) is 1. The second-order valence-electron chi connectivity index (χ2n) is 6.97. The van der Waals surface area contributed by atoms with Crippen LogP contribution in [0.4, 0.5) is 11.5 Å². The maximum atomic E-state index is 13.4. The third-order valence-electron chi connectivity index (χ3n) is 4.35. The number of aromatic amines is 1. The quantitative estimate of drug-likeness (QED) is 0.420. The number of fused-ring (bicyclic) bond motifs is 1. The number of H-pyrrole nitrogens is 1. The van der Waals surface area contributed by atoms with Gasteiger partial charge in [0.2, 0.25) is 5.43 Å². The van der Waals surface area contributed by atoms with Crippen LogP contribution in [0.5, 0.6) is 5.75 Å². The molecule has 1 aromatic heterocycles. The van der Waals surface area contributed by atoms with Crippen LogP contribution in [0.15, 0.2) is 35.1 Å². The van der Waals surface area contributed by atoms with Crippen LogP contribution in [0.2, 0.25) is 15.1 Å². The molecular weight excluding hydrogens is 435 g/mol. The summed E-state index contributed by atoms with van der Waals surface area (Å²) in [6, 6.07) is 8.10. The summed E-state index contributed by atoms with van der Waals surface area (Å²) in [5.41, 5.74) is 0.391. The minimum Gasteiger partial charge on any atom is -0.496 e. The highest BCUT2D eigenvalue weighted by Crippen LogP contribution is 2.33. The molecule has 0 aliphatic rings. The molecule has 0 saturated heterocycles. The summed E-state index contributed by atoms with van der Waals surface area (Å²) >= 11 is 18.5. The van der Waals surface area contributed by atoms with Crippen molar-refractivity contribution < 1.29 is 9.53 Å². The van der Waals surface area contributed by atoms with E-state index in [1.165, 1.54) is 7.11 Å². The lowest BCUT2D eigenvalue weighted by Crippen LogP contribution is -2.21. The van der Waals surface area contributed by atoms with Gasteiger partial charge in [-0.2, -0.15) is 0 Å². The van der Waals surface area contributed by atoms with E-state index in [9.17, 15) is 9.59 Å². The third kappa shape index (κ3) is 4.37. The molecule has 0 unspecified atom stereocenters. The molecule has 152 valence electrons. The predicted octanol–water partition coefficient (Wildman–Crippen LogP) is 6.47. The Morgan fingerprint density at radius 3 is 2.48 bits per heavy atom. The van der Waals surface area contributed by atoms with E-state index in [0.29, 0.717) is 32.0 Å². The van der Waals surface area contributed by atoms with Gasteiger partial charge in [-0.25, -0.2) is 0 Å². The Hall–Kier alpha value is -2.21. The van der Waals surface area contributed by atoms with E-state index >= 15 is 0 Å². The molecule has 0 aliphatic heterocycles. The largest absolute Gasteiger partial charge is 0.496 e. The summed E-state index contributed by atoms with van der Waals surface area (Å²) < 4.78 is 5.32. The second-order valence-corrected chi connectivity index (χ2v) is 8.22. The highest BCUT2D eigenvalue weighted by Gasteiger charge is 2.23. The highest BCUT2D eigenvalue weighted by atomic mass is 35.5. The number of nitrogens with one attached hydrogen (secondary N) is 2. The number of aromatic nitrogens is 1. The van der Waals surface area contributed by atoms with Gasteiger partial charge in [-0.15, -0.1) is 0 Å². The number of hydrogen-bond acceptors (Lipinski definition) is 4. The Kier molecular flexibility index (Phi) is 6.42. The lowest BCUT2D eigenvalue weighted by atomic mass is 9.99. The first kappa shape index (κ1) is 21.5. The molecule has 0 aliphatic carbocycles. The predicted molar refractivity (Wildman–Crippen MR) is 120 cm³/mol. The Balaban J connectivity index is 2.30. The van der Waals surface area contributed by atoms with Crippen molar-refractivity contribution in [3.63, 3.8) is 0 Å². The van der Waals surface area contributed by atoms with Crippen molar-refractivity contribution in [2.45, 2.75) is 20.3 Å². The number of hydrogen-bond donors (Lipinski definition) is 2. The maximum absolute atomic E-state index is 13.4. The first-order valence-electron chi connectivity index (χ1n) is 8.90. The molecular formula is C21H19Cl3N2O3. The number of halogens is 3. The minimum absolute atomic E-state index is 0.00205. The van der Waals surface area contributed by atoms with E-state index in [1.807, 2.05) is 13.8 Å². The van der Waals surface area contributed by atoms with Crippen LogP contribution in [0.3, 0.4) is 0 Å². The number of benzene rings is 2. The highest BCUT2D eigenvalue weighted by molar-refractivity contribution is 6.36. The fraction of sp³-hybridized carbons (Fsp3) is 0.238. The van der Waals surface area contributed by atoms with E-state index in [-0.39, 0.29) is 34.9 Å². The zero-order valence-corrected chi connectivity index (χ0v) is 18.3. The molecule has 3 aromatic rings. The number of anilines is 2. The molecule has 0 atom stereocenters. The van der Waals surface area contributed by atoms with Gasteiger partial charge in [0.1, 0.15) is 17.1 Å². The average Bonchev–Trinajstić information content (AvgIpc) is 2.64. The number of methoxy groups -OCH3 is 1. The van der Waals surface area contributed by atoms with Crippen LogP contribution in [0.1, 0.15) is 30.6 Å². The molecule has 0 radical (unpaired) electrons. The monoisotopic (exact) mass is 452 g/mol. The summed E-state index contributed by atoms with van der Waals surface area (Å²) in [4.78, 5) is 29.4. The molecule has 29 heavy (non-hydrogen) atoms. The molecule has 2 aromatic carbocycles. The fourth-order valence-electron chi connectivity index (χ4n) is 3.06. The first-order valence-corrected chi connectivity index (χ1v) is 10.0. The number of pyridine rings is 1. The molecule has 0 saturated carbocycles. The minimum atomic E-state index is -0.462. The van der Waals surface area contributed by atoms with Gasteiger partial charge in [-0.1, -0.05) is 48.7 Å². The van der Waals surface area contributed by atoms with Crippen molar-refractivity contribution in [1.82, 2.24) is 4.98 Å². The van der Waals surface area contributed by atoms with Crippen molar-refractivity contribution in [1.29, 1.82) is 0 Å². The van der Waals surface area contributed by atoms with Crippen molar-refractivity contribution >= 4 is 63.0 Å². The summed E-state index contributed by atoms with van der Waals surface area (Å²) in [6.45, 7) is 3.82. The third-order valence-corrected chi connectivity index (χ3v) is 5.22. The summed E-state index contributed by atoms with van der Waals surface area (Å²) in [5, 5.41) is 4.41. The van der Waals surface area contributed by atoms with E-state index in [1.54, 1.807) is 30.3 Å². The number of Topliss-reactive ketones (excluding diaryl/α,β-unsaturated/α-hetero) is 1. The molecule has 2 N–H and O–H groups in total. The van der Waals surface area contributed by atoms with Crippen LogP contribution in [0.25, 0.3) is 10.9 Å². The zero-order valence-electron chi connectivity index (χ0n) is 16.0. The topological polar surface area (TPSA) is 71.2 Å². The molecule has 0 spiro atoms. The van der Waals surface area contributed by atoms with Gasteiger partial charge in [0.25, 0.3) is 0 Å². The first-order chi connectivity index (χ1) is 13.7. The zero-order chi connectivity index (χ0) is 21.3. The molecule has 8 heteroatoms. The van der Waals surface area contributed by atoms with Gasteiger partial charge in [-0.05, 0) is 36.2 Å². The van der Waals surface area contributed by atoms with Gasteiger partial charge in [0.15, 0.2) is 5.78 Å². The second kappa shape index (κ2) is 8.66.